The largest absolute Gasteiger partial charge is 0.420 e. The van der Waals surface area contributed by atoms with E-state index >= 15 is 0 Å². The zero-order chi connectivity index (χ0) is 9.26. The molecule has 0 saturated heterocycles. The van der Waals surface area contributed by atoms with Gasteiger partial charge in [-0.15, -0.1) is 0 Å². The Morgan fingerprint density at radius 3 is 2.85 bits per heavy atom. The zero-order valence-corrected chi connectivity index (χ0v) is 6.69. The van der Waals surface area contributed by atoms with Gasteiger partial charge in [0.05, 0.1) is 0 Å². The van der Waals surface area contributed by atoms with Gasteiger partial charge in [0.2, 0.25) is 5.75 Å². The van der Waals surface area contributed by atoms with Crippen molar-refractivity contribution in [1.29, 1.82) is 0 Å². The summed E-state index contributed by atoms with van der Waals surface area (Å²) in [6.45, 7) is 0. The van der Waals surface area contributed by atoms with Gasteiger partial charge in [-0.25, -0.2) is 4.79 Å². The fourth-order valence-electron chi connectivity index (χ4n) is 1.13. The Hall–Kier alpha value is -1.81. The van der Waals surface area contributed by atoms with Crippen molar-refractivity contribution in [3.8, 4) is 5.75 Å². The van der Waals surface area contributed by atoms with Crippen LogP contribution in [0.15, 0.2) is 39.5 Å². The molecule has 66 valence electrons. The van der Waals surface area contributed by atoms with E-state index in [0.29, 0.717) is 5.58 Å². The predicted octanol–water partition coefficient (Wildman–Crippen LogP) is 1.05. The molecule has 0 atom stereocenters. The maximum atomic E-state index is 11.1. The maximum Gasteiger partial charge on any atom is 0.381 e. The van der Waals surface area contributed by atoms with E-state index in [4.69, 9.17) is 10.3 Å². The average Bonchev–Trinajstić information content (AvgIpc) is 2.17. The first-order valence-electron chi connectivity index (χ1n) is 3.71. The van der Waals surface area contributed by atoms with Gasteiger partial charge in [0.25, 0.3) is 0 Å². The molecule has 13 heavy (non-hydrogen) atoms. The lowest BCUT2D eigenvalue weighted by atomic mass is 10.2. The van der Waals surface area contributed by atoms with Gasteiger partial charge in [-0.05, 0) is 6.07 Å². The summed E-state index contributed by atoms with van der Waals surface area (Å²) in [6, 6.07) is 8.68. The molecule has 0 aliphatic carbocycles. The Bertz CT molecular complexity index is 489. The number of hydrogen-bond donors (Lipinski definition) is 1. The van der Waals surface area contributed by atoms with Crippen molar-refractivity contribution >= 4 is 11.0 Å². The maximum absolute atomic E-state index is 11.1. The molecule has 2 aromatic rings. The van der Waals surface area contributed by atoms with Crippen LogP contribution in [0.1, 0.15) is 0 Å². The molecule has 0 unspecified atom stereocenters. The third-order valence-corrected chi connectivity index (χ3v) is 1.74. The molecule has 1 aromatic carbocycles. The van der Waals surface area contributed by atoms with Crippen molar-refractivity contribution in [2.45, 2.75) is 0 Å². The molecule has 2 rings (SSSR count). The highest BCUT2D eigenvalue weighted by atomic mass is 16.6. The topological polar surface area (TPSA) is 65.5 Å². The van der Waals surface area contributed by atoms with Crippen LogP contribution in [0.25, 0.3) is 11.0 Å². The van der Waals surface area contributed by atoms with Gasteiger partial charge in [0.15, 0.2) is 0 Å². The van der Waals surface area contributed by atoms with Crippen molar-refractivity contribution in [3.63, 3.8) is 0 Å². The molecule has 4 nitrogen and oxygen atoms in total. The Labute approximate surface area is 73.5 Å². The minimum Gasteiger partial charge on any atom is -0.420 e. The Balaban J connectivity index is 2.81. The monoisotopic (exact) mass is 177 g/mol. The highest BCUT2D eigenvalue weighted by Crippen LogP contribution is 2.15. The van der Waals surface area contributed by atoms with Gasteiger partial charge >= 0.3 is 5.63 Å². The molecule has 0 aliphatic rings. The molecule has 1 aromatic heterocycles. The van der Waals surface area contributed by atoms with E-state index in [9.17, 15) is 4.79 Å². The van der Waals surface area contributed by atoms with E-state index in [0.717, 1.165) is 5.39 Å². The highest BCUT2D eigenvalue weighted by molar-refractivity contribution is 5.77. The summed E-state index contributed by atoms with van der Waals surface area (Å²) in [5, 5.41) is 0.780. The van der Waals surface area contributed by atoms with Crippen LogP contribution in [0.3, 0.4) is 0 Å². The third-order valence-electron chi connectivity index (χ3n) is 1.74. The molecule has 0 fully saturated rings. The quantitative estimate of drug-likeness (QED) is 0.522. The molecule has 0 bridgehead atoms. The van der Waals surface area contributed by atoms with E-state index in [1.165, 1.54) is 0 Å². The van der Waals surface area contributed by atoms with Gasteiger partial charge in [-0.2, -0.15) is 5.90 Å². The summed E-state index contributed by atoms with van der Waals surface area (Å²) in [5.74, 6) is 4.89. The predicted molar refractivity (Wildman–Crippen MR) is 47.3 cm³/mol. The first-order chi connectivity index (χ1) is 6.31. The summed E-state index contributed by atoms with van der Waals surface area (Å²) < 4.78 is 4.92. The van der Waals surface area contributed by atoms with Crippen molar-refractivity contribution in [2.75, 3.05) is 0 Å². The van der Waals surface area contributed by atoms with E-state index in [-0.39, 0.29) is 5.75 Å². The standard InChI is InChI=1S/C9H7NO3/c10-13-8-5-6-3-1-2-4-7(6)12-9(8)11/h1-5H,10H2. The van der Waals surface area contributed by atoms with Crippen LogP contribution >= 0.6 is 0 Å². The van der Waals surface area contributed by atoms with Crippen molar-refractivity contribution in [3.05, 3.63) is 40.8 Å². The van der Waals surface area contributed by atoms with Gasteiger partial charge in [-0.1, -0.05) is 18.2 Å². The summed E-state index contributed by atoms with van der Waals surface area (Å²) >= 11 is 0. The van der Waals surface area contributed by atoms with E-state index in [1.807, 2.05) is 6.07 Å². The number of fused-ring (bicyclic) bond motifs is 1. The highest BCUT2D eigenvalue weighted by Gasteiger charge is 2.03. The van der Waals surface area contributed by atoms with Crippen molar-refractivity contribution in [2.24, 2.45) is 5.90 Å². The van der Waals surface area contributed by atoms with Gasteiger partial charge in [0, 0.05) is 11.5 Å². The number of benzene rings is 1. The second-order valence-electron chi connectivity index (χ2n) is 2.55. The Kier molecular flexibility index (Phi) is 1.75. The first kappa shape index (κ1) is 7.82. The third kappa shape index (κ3) is 1.27. The van der Waals surface area contributed by atoms with Crippen LogP contribution in [0.4, 0.5) is 0 Å². The Morgan fingerprint density at radius 1 is 1.31 bits per heavy atom. The molecule has 1 heterocycles. The molecule has 0 aliphatic heterocycles. The van der Waals surface area contributed by atoms with Gasteiger partial charge in [0.1, 0.15) is 5.58 Å². The molecule has 0 amide bonds. The summed E-state index contributed by atoms with van der Waals surface area (Å²) in [5.41, 5.74) is -0.0468. The first-order valence-corrected chi connectivity index (χ1v) is 3.71. The van der Waals surface area contributed by atoms with Crippen molar-refractivity contribution < 1.29 is 9.25 Å². The Morgan fingerprint density at radius 2 is 2.08 bits per heavy atom. The molecular formula is C9H7NO3. The SMILES string of the molecule is NOc1cc2ccccc2oc1=O. The van der Waals surface area contributed by atoms with Crippen LogP contribution in [0.2, 0.25) is 0 Å². The van der Waals surface area contributed by atoms with Crippen LogP contribution < -0.4 is 16.4 Å². The van der Waals surface area contributed by atoms with Crippen LogP contribution in [0.5, 0.6) is 5.75 Å². The van der Waals surface area contributed by atoms with Crippen LogP contribution in [-0.2, 0) is 0 Å². The number of nitrogens with two attached hydrogens (primary N) is 1. The van der Waals surface area contributed by atoms with Crippen LogP contribution in [-0.4, -0.2) is 0 Å². The smallest absolute Gasteiger partial charge is 0.381 e. The van der Waals surface area contributed by atoms with E-state index in [2.05, 4.69) is 4.84 Å². The van der Waals surface area contributed by atoms with E-state index in [1.54, 1.807) is 24.3 Å². The lowest BCUT2D eigenvalue weighted by molar-refractivity contribution is 0.316. The fraction of sp³-hybridized carbons (Fsp3) is 0. The molecule has 0 spiro atoms. The summed E-state index contributed by atoms with van der Waals surface area (Å²) in [4.78, 5) is 15.4. The molecule has 2 N–H and O–H groups in total. The fourth-order valence-corrected chi connectivity index (χ4v) is 1.13. The zero-order valence-electron chi connectivity index (χ0n) is 6.69. The number of rotatable bonds is 1. The summed E-state index contributed by atoms with van der Waals surface area (Å²) in [6.07, 6.45) is 0. The average molecular weight is 177 g/mol. The van der Waals surface area contributed by atoms with Crippen molar-refractivity contribution in [1.82, 2.24) is 0 Å². The van der Waals surface area contributed by atoms with E-state index < -0.39 is 5.63 Å². The van der Waals surface area contributed by atoms with Gasteiger partial charge in [-0.3, -0.25) is 0 Å². The van der Waals surface area contributed by atoms with Crippen LogP contribution in [0, 0.1) is 0 Å². The van der Waals surface area contributed by atoms with Gasteiger partial charge < -0.3 is 9.25 Å². The second-order valence-corrected chi connectivity index (χ2v) is 2.55. The molecule has 0 radical (unpaired) electrons. The number of hydrogen-bond acceptors (Lipinski definition) is 4. The normalized spacial score (nSPS) is 10.2. The molecule has 0 saturated carbocycles. The minimum absolute atomic E-state index is 0.0127. The second kappa shape index (κ2) is 2.91. The lowest BCUT2D eigenvalue weighted by Crippen LogP contribution is -2.11. The summed E-state index contributed by atoms with van der Waals surface area (Å²) in [7, 11) is 0. The molecular weight excluding hydrogens is 170 g/mol. The number of para-hydroxylation sites is 1. The minimum atomic E-state index is -0.568. The lowest BCUT2D eigenvalue weighted by Gasteiger charge is -1.98. The molecule has 4 heteroatoms.